The molecule has 0 saturated carbocycles. The second-order valence-corrected chi connectivity index (χ2v) is 6.82. The van der Waals surface area contributed by atoms with Gasteiger partial charge >= 0.3 is 0 Å². The Morgan fingerprint density at radius 1 is 0.885 bits per heavy atom. The first kappa shape index (κ1) is 16.6. The van der Waals surface area contributed by atoms with Crippen LogP contribution < -0.4 is 0 Å². The maximum absolute atomic E-state index is 12.9. The maximum Gasteiger partial charge on any atom is 0.163 e. The summed E-state index contributed by atoms with van der Waals surface area (Å²) in [4.78, 5) is 16.2. The predicted octanol–water partition coefficient (Wildman–Crippen LogP) is 6.23. The van der Waals surface area contributed by atoms with E-state index in [9.17, 15) is 4.79 Å². The zero-order valence-electron chi connectivity index (χ0n) is 14.2. The van der Waals surface area contributed by atoms with Gasteiger partial charge in [-0.2, -0.15) is 0 Å². The van der Waals surface area contributed by atoms with Crippen LogP contribution in [-0.2, 0) is 0 Å². The van der Waals surface area contributed by atoms with Crippen LogP contribution >= 0.6 is 11.6 Å². The van der Waals surface area contributed by atoms with Crippen molar-refractivity contribution in [3.05, 3.63) is 107 Å². The summed E-state index contributed by atoms with van der Waals surface area (Å²) in [5.41, 5.74) is 4.06. The lowest BCUT2D eigenvalue weighted by Gasteiger charge is -2.17. The minimum atomic E-state index is -0.00414. The molecular formula is C23H18ClNO. The first-order valence-corrected chi connectivity index (χ1v) is 9.00. The molecule has 4 rings (SSSR count). The standard InChI is InChI=1S/C23H18ClNO/c24-18-12-10-17(11-13-18)23(26)14-20(16-6-2-1-3-7-16)21-15-25-22-9-5-4-8-19(21)22/h1-13,15,20,25H,14H2/t20-/m1/s1. The molecule has 2 nitrogen and oxygen atoms in total. The molecule has 0 radical (unpaired) electrons. The number of carbonyl (C=O) groups excluding carboxylic acids is 1. The average Bonchev–Trinajstić information content (AvgIpc) is 3.11. The van der Waals surface area contributed by atoms with Gasteiger partial charge in [-0.3, -0.25) is 4.79 Å². The van der Waals surface area contributed by atoms with E-state index in [1.54, 1.807) is 24.3 Å². The summed E-state index contributed by atoms with van der Waals surface area (Å²) in [5.74, 6) is 0.108. The molecule has 4 aromatic rings. The monoisotopic (exact) mass is 359 g/mol. The first-order valence-electron chi connectivity index (χ1n) is 8.62. The number of benzene rings is 3. The fourth-order valence-electron chi connectivity index (χ4n) is 3.41. The number of hydrogen-bond donors (Lipinski definition) is 1. The van der Waals surface area contributed by atoms with Crippen molar-refractivity contribution in [3.63, 3.8) is 0 Å². The van der Waals surface area contributed by atoms with Crippen molar-refractivity contribution in [2.75, 3.05) is 0 Å². The summed E-state index contributed by atoms with van der Waals surface area (Å²) in [5, 5.41) is 1.79. The largest absolute Gasteiger partial charge is 0.361 e. The van der Waals surface area contributed by atoms with E-state index >= 15 is 0 Å². The molecule has 3 heteroatoms. The predicted molar refractivity (Wildman–Crippen MR) is 107 cm³/mol. The Kier molecular flexibility index (Phi) is 4.59. The maximum atomic E-state index is 12.9. The van der Waals surface area contributed by atoms with Crippen molar-refractivity contribution in [2.45, 2.75) is 12.3 Å². The van der Waals surface area contributed by atoms with Crippen molar-refractivity contribution in [3.8, 4) is 0 Å². The molecule has 0 aliphatic rings. The number of fused-ring (bicyclic) bond motifs is 1. The first-order chi connectivity index (χ1) is 12.7. The third-order valence-corrected chi connectivity index (χ3v) is 5.01. The summed E-state index contributed by atoms with van der Waals surface area (Å²) in [6.07, 6.45) is 2.44. The topological polar surface area (TPSA) is 32.9 Å². The number of nitrogens with one attached hydrogen (secondary N) is 1. The smallest absolute Gasteiger partial charge is 0.163 e. The van der Waals surface area contributed by atoms with Gasteiger partial charge < -0.3 is 4.98 Å². The Balaban J connectivity index is 1.74. The molecule has 0 unspecified atom stereocenters. The van der Waals surface area contributed by atoms with E-state index in [4.69, 9.17) is 11.6 Å². The lowest BCUT2D eigenvalue weighted by atomic mass is 9.85. The molecule has 1 atom stereocenters. The highest BCUT2D eigenvalue weighted by Gasteiger charge is 2.22. The average molecular weight is 360 g/mol. The van der Waals surface area contributed by atoms with E-state index < -0.39 is 0 Å². The van der Waals surface area contributed by atoms with E-state index in [-0.39, 0.29) is 11.7 Å². The van der Waals surface area contributed by atoms with Crippen molar-refractivity contribution >= 4 is 28.3 Å². The van der Waals surface area contributed by atoms with E-state index in [0.717, 1.165) is 22.0 Å². The van der Waals surface area contributed by atoms with Crippen molar-refractivity contribution in [2.24, 2.45) is 0 Å². The van der Waals surface area contributed by atoms with Crippen LogP contribution in [0.1, 0.15) is 33.8 Å². The summed E-state index contributed by atoms with van der Waals surface area (Å²) < 4.78 is 0. The second kappa shape index (κ2) is 7.19. The zero-order chi connectivity index (χ0) is 17.9. The molecule has 1 heterocycles. The van der Waals surface area contributed by atoms with E-state index in [1.165, 1.54) is 0 Å². The van der Waals surface area contributed by atoms with Crippen LogP contribution in [0.3, 0.4) is 0 Å². The van der Waals surface area contributed by atoms with Crippen LogP contribution in [0.5, 0.6) is 0 Å². The number of aromatic amines is 1. The van der Waals surface area contributed by atoms with Crippen LogP contribution in [0, 0.1) is 0 Å². The highest BCUT2D eigenvalue weighted by Crippen LogP contribution is 2.34. The van der Waals surface area contributed by atoms with E-state index in [1.807, 2.05) is 36.5 Å². The number of aromatic nitrogens is 1. The van der Waals surface area contributed by atoms with Crippen molar-refractivity contribution in [1.29, 1.82) is 0 Å². The van der Waals surface area contributed by atoms with Gasteiger partial charge in [0, 0.05) is 40.0 Å². The van der Waals surface area contributed by atoms with Crippen LogP contribution in [-0.4, -0.2) is 10.8 Å². The number of rotatable bonds is 5. The Morgan fingerprint density at radius 2 is 1.58 bits per heavy atom. The highest BCUT2D eigenvalue weighted by molar-refractivity contribution is 6.30. The van der Waals surface area contributed by atoms with Gasteiger partial charge in [0.2, 0.25) is 0 Å². The third-order valence-electron chi connectivity index (χ3n) is 4.75. The zero-order valence-corrected chi connectivity index (χ0v) is 14.9. The molecule has 0 amide bonds. The van der Waals surface area contributed by atoms with Crippen LogP contribution in [0.2, 0.25) is 5.02 Å². The molecule has 1 N–H and O–H groups in total. The Bertz CT molecular complexity index is 1030. The lowest BCUT2D eigenvalue weighted by molar-refractivity contribution is 0.0978. The van der Waals surface area contributed by atoms with Gasteiger partial charge in [0.1, 0.15) is 0 Å². The van der Waals surface area contributed by atoms with Crippen LogP contribution in [0.25, 0.3) is 10.9 Å². The SMILES string of the molecule is O=C(C[C@H](c1ccccc1)c1c[nH]c2ccccc12)c1ccc(Cl)cc1. The molecule has 0 aliphatic heterocycles. The van der Waals surface area contributed by atoms with Gasteiger partial charge in [0.15, 0.2) is 5.78 Å². The Hall–Kier alpha value is -2.84. The summed E-state index contributed by atoms with van der Waals surface area (Å²) in [6.45, 7) is 0. The fourth-order valence-corrected chi connectivity index (χ4v) is 3.54. The molecule has 0 aliphatic carbocycles. The van der Waals surface area contributed by atoms with Gasteiger partial charge in [-0.05, 0) is 41.5 Å². The van der Waals surface area contributed by atoms with Gasteiger partial charge in [0.05, 0.1) is 0 Å². The molecule has 26 heavy (non-hydrogen) atoms. The van der Waals surface area contributed by atoms with Crippen LogP contribution in [0.15, 0.2) is 85.1 Å². The van der Waals surface area contributed by atoms with Gasteiger partial charge in [-0.15, -0.1) is 0 Å². The van der Waals surface area contributed by atoms with Gasteiger partial charge in [-0.25, -0.2) is 0 Å². The molecular weight excluding hydrogens is 342 g/mol. The molecule has 0 bridgehead atoms. The summed E-state index contributed by atoms with van der Waals surface area (Å²) in [7, 11) is 0. The highest BCUT2D eigenvalue weighted by atomic mass is 35.5. The number of carbonyl (C=O) groups is 1. The molecule has 3 aromatic carbocycles. The number of halogens is 1. The Morgan fingerprint density at radius 3 is 2.35 bits per heavy atom. The molecule has 0 saturated heterocycles. The number of para-hydroxylation sites is 1. The van der Waals surface area contributed by atoms with Crippen LogP contribution in [0.4, 0.5) is 0 Å². The lowest BCUT2D eigenvalue weighted by Crippen LogP contribution is -2.09. The molecule has 128 valence electrons. The van der Waals surface area contributed by atoms with Gasteiger partial charge in [0.25, 0.3) is 0 Å². The quantitative estimate of drug-likeness (QED) is 0.421. The Labute approximate surface area is 157 Å². The minimum absolute atomic E-state index is 0.00414. The fraction of sp³-hybridized carbons (Fsp3) is 0.0870. The molecule has 1 aromatic heterocycles. The van der Waals surface area contributed by atoms with Crippen molar-refractivity contribution < 1.29 is 4.79 Å². The third kappa shape index (κ3) is 3.29. The number of ketones is 1. The molecule has 0 fully saturated rings. The summed E-state index contributed by atoms with van der Waals surface area (Å²) >= 11 is 5.95. The second-order valence-electron chi connectivity index (χ2n) is 6.39. The minimum Gasteiger partial charge on any atom is -0.361 e. The molecule has 0 spiro atoms. The van der Waals surface area contributed by atoms with E-state index in [2.05, 4.69) is 29.2 Å². The van der Waals surface area contributed by atoms with Crippen molar-refractivity contribution in [1.82, 2.24) is 4.98 Å². The number of hydrogen-bond acceptors (Lipinski definition) is 1. The number of H-pyrrole nitrogens is 1. The normalized spacial score (nSPS) is 12.2. The van der Waals surface area contributed by atoms with Gasteiger partial charge in [-0.1, -0.05) is 60.1 Å². The van der Waals surface area contributed by atoms with E-state index in [0.29, 0.717) is 17.0 Å². The summed E-state index contributed by atoms with van der Waals surface area (Å²) in [6, 6.07) is 25.5. The number of Topliss-reactive ketones (excluding diaryl/α,β-unsaturated/α-hetero) is 1.